The standard InChI is InChI=1S/C10H13F2NO.ClH/c1-7(13)4-5-14-10-6-8(11)2-3-9(10)12;/h2-3,6-7H,4-5,13H2,1H3;1H. The zero-order chi connectivity index (χ0) is 10.6. The lowest BCUT2D eigenvalue weighted by Gasteiger charge is -2.07. The van der Waals surface area contributed by atoms with Gasteiger partial charge in [0.05, 0.1) is 12.6 Å². The Bertz CT molecular complexity index is 307. The Hall–Kier alpha value is -0.870. The first-order chi connectivity index (χ1) is 6.59. The van der Waals surface area contributed by atoms with E-state index in [4.69, 9.17) is 4.74 Å². The largest absolute Gasteiger partial charge is 1.00 e. The van der Waals surface area contributed by atoms with Gasteiger partial charge < -0.3 is 22.9 Å². The van der Waals surface area contributed by atoms with Gasteiger partial charge in [-0.2, -0.15) is 0 Å². The van der Waals surface area contributed by atoms with Crippen molar-refractivity contribution in [2.75, 3.05) is 6.61 Å². The highest BCUT2D eigenvalue weighted by atomic mass is 35.5. The van der Waals surface area contributed by atoms with Crippen molar-refractivity contribution in [1.29, 1.82) is 0 Å². The summed E-state index contributed by atoms with van der Waals surface area (Å²) in [6.45, 7) is 2.29. The molecule has 0 fully saturated rings. The second kappa shape index (κ2) is 6.58. The van der Waals surface area contributed by atoms with Crippen molar-refractivity contribution in [3.8, 4) is 5.75 Å². The molecule has 0 aliphatic heterocycles. The average molecular weight is 238 g/mol. The molecule has 0 spiro atoms. The van der Waals surface area contributed by atoms with Crippen molar-refractivity contribution in [2.24, 2.45) is 0 Å². The lowest BCUT2D eigenvalue weighted by atomic mass is 10.3. The van der Waals surface area contributed by atoms with Gasteiger partial charge in [-0.3, -0.25) is 0 Å². The normalized spacial score (nSPS) is 11.7. The first-order valence-electron chi connectivity index (χ1n) is 4.50. The molecule has 0 aliphatic carbocycles. The Morgan fingerprint density at radius 3 is 2.67 bits per heavy atom. The highest BCUT2D eigenvalue weighted by molar-refractivity contribution is 5.24. The van der Waals surface area contributed by atoms with Crippen LogP contribution in [0.4, 0.5) is 8.78 Å². The van der Waals surface area contributed by atoms with Crippen LogP contribution in [0.25, 0.3) is 0 Å². The second-order valence-corrected chi connectivity index (χ2v) is 3.32. The molecular formula is C10H14ClF2NO. The van der Waals surface area contributed by atoms with E-state index in [0.29, 0.717) is 6.61 Å². The third kappa shape index (κ3) is 4.95. The number of rotatable bonds is 4. The van der Waals surface area contributed by atoms with E-state index in [9.17, 15) is 8.78 Å². The third-order valence-corrected chi connectivity index (χ3v) is 1.76. The SMILES string of the molecule is CC([NH3+])CCOc1cc(F)ccc1F.[Cl-]. The molecule has 0 aliphatic rings. The maximum Gasteiger partial charge on any atom is 0.165 e. The van der Waals surface area contributed by atoms with Gasteiger partial charge in [0.2, 0.25) is 0 Å². The van der Waals surface area contributed by atoms with E-state index in [0.717, 1.165) is 24.6 Å². The summed E-state index contributed by atoms with van der Waals surface area (Å²) in [7, 11) is 0. The van der Waals surface area contributed by atoms with Crippen LogP contribution in [0.5, 0.6) is 5.75 Å². The maximum atomic E-state index is 13.0. The third-order valence-electron chi connectivity index (χ3n) is 1.76. The minimum Gasteiger partial charge on any atom is -1.00 e. The monoisotopic (exact) mass is 237 g/mol. The number of hydrogen-bond donors (Lipinski definition) is 1. The highest BCUT2D eigenvalue weighted by Crippen LogP contribution is 2.17. The highest BCUT2D eigenvalue weighted by Gasteiger charge is 2.05. The fourth-order valence-corrected chi connectivity index (χ4v) is 0.958. The van der Waals surface area contributed by atoms with E-state index in [-0.39, 0.29) is 24.2 Å². The van der Waals surface area contributed by atoms with Gasteiger partial charge in [-0.1, -0.05) is 0 Å². The van der Waals surface area contributed by atoms with Crippen molar-refractivity contribution < 1.29 is 31.7 Å². The molecule has 0 saturated carbocycles. The van der Waals surface area contributed by atoms with E-state index < -0.39 is 11.6 Å². The molecule has 0 saturated heterocycles. The van der Waals surface area contributed by atoms with Crippen LogP contribution in [0.15, 0.2) is 18.2 Å². The Morgan fingerprint density at radius 1 is 1.40 bits per heavy atom. The molecule has 0 amide bonds. The molecule has 0 bridgehead atoms. The molecule has 0 heterocycles. The van der Waals surface area contributed by atoms with Crippen LogP contribution >= 0.6 is 0 Å². The van der Waals surface area contributed by atoms with Gasteiger partial charge in [0.1, 0.15) is 5.82 Å². The van der Waals surface area contributed by atoms with E-state index in [1.165, 1.54) is 0 Å². The van der Waals surface area contributed by atoms with Crippen LogP contribution in [0.2, 0.25) is 0 Å². The van der Waals surface area contributed by atoms with Gasteiger partial charge in [0.15, 0.2) is 11.6 Å². The molecular weight excluding hydrogens is 224 g/mol. The van der Waals surface area contributed by atoms with Crippen LogP contribution in [-0.2, 0) is 0 Å². The first-order valence-corrected chi connectivity index (χ1v) is 4.50. The first kappa shape index (κ1) is 14.1. The van der Waals surface area contributed by atoms with E-state index in [2.05, 4.69) is 5.73 Å². The van der Waals surface area contributed by atoms with Crippen LogP contribution in [0, 0.1) is 11.6 Å². The zero-order valence-electron chi connectivity index (χ0n) is 8.47. The van der Waals surface area contributed by atoms with Gasteiger partial charge in [-0.15, -0.1) is 0 Å². The molecule has 86 valence electrons. The van der Waals surface area contributed by atoms with Gasteiger partial charge >= 0.3 is 0 Å². The Labute approximate surface area is 93.8 Å². The quantitative estimate of drug-likeness (QED) is 0.671. The molecule has 0 radical (unpaired) electrons. The lowest BCUT2D eigenvalue weighted by molar-refractivity contribution is -0.415. The molecule has 1 unspecified atom stereocenters. The van der Waals surface area contributed by atoms with Crippen molar-refractivity contribution >= 4 is 0 Å². The average Bonchev–Trinajstić information content (AvgIpc) is 2.10. The molecule has 1 aromatic carbocycles. The predicted octanol–water partition coefficient (Wildman–Crippen LogP) is -1.63. The fraction of sp³-hybridized carbons (Fsp3) is 0.400. The molecule has 1 rings (SSSR count). The number of hydrogen-bond acceptors (Lipinski definition) is 1. The van der Waals surface area contributed by atoms with Crippen molar-refractivity contribution in [3.63, 3.8) is 0 Å². The molecule has 2 nitrogen and oxygen atoms in total. The number of benzene rings is 1. The summed E-state index contributed by atoms with van der Waals surface area (Å²) in [6.07, 6.45) is 0.718. The zero-order valence-corrected chi connectivity index (χ0v) is 9.23. The summed E-state index contributed by atoms with van der Waals surface area (Å²) in [5, 5.41) is 0. The molecule has 1 aromatic rings. The number of quaternary nitrogens is 1. The van der Waals surface area contributed by atoms with Crippen molar-refractivity contribution in [2.45, 2.75) is 19.4 Å². The van der Waals surface area contributed by atoms with Gasteiger partial charge in [0, 0.05) is 12.5 Å². The topological polar surface area (TPSA) is 36.9 Å². The van der Waals surface area contributed by atoms with E-state index >= 15 is 0 Å². The van der Waals surface area contributed by atoms with Gasteiger partial charge in [-0.25, -0.2) is 8.78 Å². The van der Waals surface area contributed by atoms with E-state index in [1.54, 1.807) is 0 Å². The van der Waals surface area contributed by atoms with Crippen LogP contribution in [-0.4, -0.2) is 12.6 Å². The van der Waals surface area contributed by atoms with Gasteiger partial charge in [-0.05, 0) is 19.1 Å². The minimum atomic E-state index is -0.539. The molecule has 5 heteroatoms. The molecule has 1 atom stereocenters. The maximum absolute atomic E-state index is 13.0. The number of ether oxygens (including phenoxy) is 1. The summed E-state index contributed by atoms with van der Waals surface area (Å²) >= 11 is 0. The summed E-state index contributed by atoms with van der Waals surface area (Å²) < 4.78 is 30.7. The van der Waals surface area contributed by atoms with E-state index in [1.807, 2.05) is 6.92 Å². The summed E-state index contributed by atoms with van der Waals surface area (Å²) in [4.78, 5) is 0. The van der Waals surface area contributed by atoms with Crippen LogP contribution in [0.3, 0.4) is 0 Å². The second-order valence-electron chi connectivity index (χ2n) is 3.32. The lowest BCUT2D eigenvalue weighted by Crippen LogP contribution is -3.00. The summed E-state index contributed by atoms with van der Waals surface area (Å²) in [6, 6.07) is 3.40. The fourth-order valence-electron chi connectivity index (χ4n) is 0.958. The molecule has 0 aromatic heterocycles. The van der Waals surface area contributed by atoms with Crippen molar-refractivity contribution in [1.82, 2.24) is 0 Å². The Morgan fingerprint density at radius 2 is 2.07 bits per heavy atom. The Balaban J connectivity index is 0.00000196. The van der Waals surface area contributed by atoms with Gasteiger partial charge in [0.25, 0.3) is 0 Å². The smallest absolute Gasteiger partial charge is 0.165 e. The minimum absolute atomic E-state index is 0. The predicted molar refractivity (Wildman–Crippen MR) is 48.8 cm³/mol. The Kier molecular flexibility index (Phi) is 6.20. The molecule has 3 N–H and O–H groups in total. The molecule has 15 heavy (non-hydrogen) atoms. The summed E-state index contributed by atoms with van der Waals surface area (Å²) in [5.41, 5.74) is 3.76. The summed E-state index contributed by atoms with van der Waals surface area (Å²) in [5.74, 6) is -1.07. The number of halogens is 3. The van der Waals surface area contributed by atoms with Crippen LogP contribution in [0.1, 0.15) is 13.3 Å². The van der Waals surface area contributed by atoms with Crippen LogP contribution < -0.4 is 22.9 Å². The van der Waals surface area contributed by atoms with Crippen molar-refractivity contribution in [3.05, 3.63) is 29.8 Å².